The molecule has 30 heavy (non-hydrogen) atoms. The van der Waals surface area contributed by atoms with Crippen molar-refractivity contribution in [3.05, 3.63) is 46.0 Å². The standard InChI is InChI=1S/C22H23ClFN3O3/c1-27-17-4-2-3-14(17)20(26-27)18(28)8-21-10-22(11-21,12-21)25-19(29)9-30-13-5-6-15(23)16(24)7-13/h5-7H,2-4,8-12H2,1H3,(H,25,29). The van der Waals surface area contributed by atoms with Crippen molar-refractivity contribution < 1.29 is 18.7 Å². The predicted molar refractivity (Wildman–Crippen MR) is 108 cm³/mol. The molecule has 158 valence electrons. The minimum absolute atomic E-state index is 0.00641. The largest absolute Gasteiger partial charge is 0.484 e. The van der Waals surface area contributed by atoms with Gasteiger partial charge in [0, 0.05) is 36.3 Å². The van der Waals surface area contributed by atoms with Crippen molar-refractivity contribution in [3.63, 3.8) is 0 Å². The summed E-state index contributed by atoms with van der Waals surface area (Å²) in [5, 5.41) is 7.50. The van der Waals surface area contributed by atoms with E-state index in [4.69, 9.17) is 16.3 Å². The fourth-order valence-corrected chi connectivity index (χ4v) is 5.74. The fourth-order valence-electron chi connectivity index (χ4n) is 5.62. The molecule has 1 aromatic carbocycles. The molecular weight excluding hydrogens is 409 g/mol. The number of Topliss-reactive ketones (excluding diaryl/α,β-unsaturated/α-hetero) is 1. The highest BCUT2D eigenvalue weighted by atomic mass is 35.5. The lowest BCUT2D eigenvalue weighted by molar-refractivity contribution is -0.164. The molecule has 3 fully saturated rings. The van der Waals surface area contributed by atoms with Gasteiger partial charge in [-0.2, -0.15) is 5.10 Å². The maximum atomic E-state index is 13.4. The average Bonchev–Trinajstić information content (AvgIpc) is 3.24. The molecular formula is C22H23ClFN3O3. The van der Waals surface area contributed by atoms with Gasteiger partial charge in [-0.3, -0.25) is 14.3 Å². The first-order chi connectivity index (χ1) is 14.3. The molecule has 6 rings (SSSR count). The van der Waals surface area contributed by atoms with Gasteiger partial charge in [-0.1, -0.05) is 11.6 Å². The molecule has 0 radical (unpaired) electrons. The van der Waals surface area contributed by atoms with E-state index in [0.29, 0.717) is 12.1 Å². The van der Waals surface area contributed by atoms with Crippen LogP contribution in [0.15, 0.2) is 18.2 Å². The summed E-state index contributed by atoms with van der Waals surface area (Å²) in [5.41, 5.74) is 2.75. The molecule has 4 aliphatic carbocycles. The van der Waals surface area contributed by atoms with Crippen LogP contribution in [0.4, 0.5) is 4.39 Å². The highest BCUT2D eigenvalue weighted by molar-refractivity contribution is 6.30. The Hall–Kier alpha value is -2.41. The summed E-state index contributed by atoms with van der Waals surface area (Å²) in [6.45, 7) is -0.186. The number of nitrogens with zero attached hydrogens (tertiary/aromatic N) is 2. The molecule has 0 unspecified atom stereocenters. The smallest absolute Gasteiger partial charge is 0.258 e. The van der Waals surface area contributed by atoms with Crippen molar-refractivity contribution in [2.45, 2.75) is 50.5 Å². The van der Waals surface area contributed by atoms with E-state index in [-0.39, 0.29) is 40.0 Å². The van der Waals surface area contributed by atoms with Crippen LogP contribution in [0.25, 0.3) is 0 Å². The molecule has 1 heterocycles. The monoisotopic (exact) mass is 431 g/mol. The number of carbonyl (C=O) groups excluding carboxylic acids is 2. The van der Waals surface area contributed by atoms with Crippen molar-refractivity contribution in [3.8, 4) is 5.75 Å². The second kappa shape index (κ2) is 6.80. The van der Waals surface area contributed by atoms with Crippen molar-refractivity contribution in [2.24, 2.45) is 12.5 Å². The van der Waals surface area contributed by atoms with Gasteiger partial charge in [0.15, 0.2) is 12.4 Å². The predicted octanol–water partition coefficient (Wildman–Crippen LogP) is 3.39. The number of benzene rings is 1. The second-order valence-corrected chi connectivity index (χ2v) is 9.48. The van der Waals surface area contributed by atoms with E-state index < -0.39 is 5.82 Å². The van der Waals surface area contributed by atoms with Crippen molar-refractivity contribution >= 4 is 23.3 Å². The zero-order valence-corrected chi connectivity index (χ0v) is 17.5. The Morgan fingerprint density at radius 3 is 2.80 bits per heavy atom. The third kappa shape index (κ3) is 3.20. The first-order valence-electron chi connectivity index (χ1n) is 10.3. The van der Waals surface area contributed by atoms with Crippen LogP contribution < -0.4 is 10.1 Å². The molecule has 0 saturated heterocycles. The summed E-state index contributed by atoms with van der Waals surface area (Å²) in [7, 11) is 1.91. The number of amides is 1. The number of halogens is 2. The Morgan fingerprint density at radius 1 is 1.30 bits per heavy atom. The fraction of sp³-hybridized carbons (Fsp3) is 0.500. The molecule has 0 spiro atoms. The number of hydrogen-bond donors (Lipinski definition) is 1. The van der Waals surface area contributed by atoms with Gasteiger partial charge < -0.3 is 10.1 Å². The number of fused-ring (bicyclic) bond motifs is 1. The van der Waals surface area contributed by atoms with E-state index in [1.165, 1.54) is 17.8 Å². The molecule has 0 atom stereocenters. The van der Waals surface area contributed by atoms with E-state index in [1.54, 1.807) is 0 Å². The molecule has 3 saturated carbocycles. The molecule has 8 heteroatoms. The average molecular weight is 432 g/mol. The molecule has 0 aliphatic heterocycles. The lowest BCUT2D eigenvalue weighted by atomic mass is 9.38. The van der Waals surface area contributed by atoms with Gasteiger partial charge in [-0.25, -0.2) is 4.39 Å². The van der Waals surface area contributed by atoms with Crippen LogP contribution >= 0.6 is 11.6 Å². The second-order valence-electron chi connectivity index (χ2n) is 9.07. The summed E-state index contributed by atoms with van der Waals surface area (Å²) in [5.74, 6) is -0.442. The maximum absolute atomic E-state index is 13.4. The Morgan fingerprint density at radius 2 is 2.07 bits per heavy atom. The Bertz CT molecular complexity index is 1040. The van der Waals surface area contributed by atoms with Gasteiger partial charge in [0.25, 0.3) is 5.91 Å². The lowest BCUT2D eigenvalue weighted by Crippen LogP contribution is -2.75. The Balaban J connectivity index is 1.12. The minimum atomic E-state index is -0.584. The van der Waals surface area contributed by atoms with Crippen LogP contribution in [0.1, 0.15) is 53.8 Å². The molecule has 1 amide bonds. The van der Waals surface area contributed by atoms with Crippen LogP contribution in [-0.4, -0.2) is 33.6 Å². The maximum Gasteiger partial charge on any atom is 0.258 e. The number of rotatable bonds is 7. The molecule has 6 nitrogen and oxygen atoms in total. The molecule has 1 N–H and O–H groups in total. The van der Waals surface area contributed by atoms with E-state index in [0.717, 1.165) is 50.2 Å². The van der Waals surface area contributed by atoms with Gasteiger partial charge in [-0.15, -0.1) is 0 Å². The first kappa shape index (κ1) is 19.5. The van der Waals surface area contributed by atoms with E-state index in [1.807, 2.05) is 11.7 Å². The Kier molecular flexibility index (Phi) is 4.43. The number of carbonyl (C=O) groups is 2. The minimum Gasteiger partial charge on any atom is -0.484 e. The topological polar surface area (TPSA) is 73.2 Å². The lowest BCUT2D eigenvalue weighted by Gasteiger charge is -2.70. The van der Waals surface area contributed by atoms with Gasteiger partial charge in [0.1, 0.15) is 17.3 Å². The van der Waals surface area contributed by atoms with Crippen LogP contribution in [0, 0.1) is 11.2 Å². The molecule has 2 bridgehead atoms. The first-order valence-corrected chi connectivity index (χ1v) is 10.6. The molecule has 1 aromatic heterocycles. The molecule has 4 aliphatic rings. The van der Waals surface area contributed by atoms with Crippen molar-refractivity contribution in [1.29, 1.82) is 0 Å². The summed E-state index contributed by atoms with van der Waals surface area (Å²) in [6.07, 6.45) is 5.94. The summed E-state index contributed by atoms with van der Waals surface area (Å²) >= 11 is 5.64. The zero-order valence-electron chi connectivity index (χ0n) is 16.8. The van der Waals surface area contributed by atoms with Crippen LogP contribution in [0.5, 0.6) is 5.75 Å². The van der Waals surface area contributed by atoms with Gasteiger partial charge in [-0.05, 0) is 56.1 Å². The highest BCUT2D eigenvalue weighted by Crippen LogP contribution is 2.69. The van der Waals surface area contributed by atoms with Crippen LogP contribution in [0.2, 0.25) is 5.02 Å². The third-order valence-corrected chi connectivity index (χ3v) is 7.03. The van der Waals surface area contributed by atoms with Crippen molar-refractivity contribution in [1.82, 2.24) is 15.1 Å². The molecule has 2 aromatic rings. The normalized spacial score (nSPS) is 25.8. The zero-order chi connectivity index (χ0) is 21.1. The highest BCUT2D eigenvalue weighted by Gasteiger charge is 2.68. The van der Waals surface area contributed by atoms with E-state index >= 15 is 0 Å². The van der Waals surface area contributed by atoms with Gasteiger partial charge >= 0.3 is 0 Å². The number of aryl methyl sites for hydroxylation is 1. The number of ketones is 1. The summed E-state index contributed by atoms with van der Waals surface area (Å²) in [6, 6.07) is 4.07. The van der Waals surface area contributed by atoms with Crippen molar-refractivity contribution in [2.75, 3.05) is 6.61 Å². The number of ether oxygens (including phenoxy) is 1. The Labute approximate surface area is 178 Å². The van der Waals surface area contributed by atoms with Gasteiger partial charge in [0.05, 0.1) is 5.02 Å². The third-order valence-electron chi connectivity index (χ3n) is 6.72. The number of hydrogen-bond acceptors (Lipinski definition) is 4. The van der Waals surface area contributed by atoms with E-state index in [2.05, 4.69) is 10.4 Å². The van der Waals surface area contributed by atoms with Gasteiger partial charge in [0.2, 0.25) is 0 Å². The quantitative estimate of drug-likeness (QED) is 0.682. The van der Waals surface area contributed by atoms with Crippen LogP contribution in [-0.2, 0) is 24.7 Å². The van der Waals surface area contributed by atoms with Crippen LogP contribution in [0.3, 0.4) is 0 Å². The SMILES string of the molecule is Cn1nc(C(=O)CC23CC(NC(=O)COc4ccc(Cl)c(F)c4)(C2)C3)c2c1CCC2. The summed E-state index contributed by atoms with van der Waals surface area (Å²) < 4.78 is 20.6. The summed E-state index contributed by atoms with van der Waals surface area (Å²) in [4.78, 5) is 25.1. The van der Waals surface area contributed by atoms with E-state index in [9.17, 15) is 14.0 Å². The number of nitrogens with one attached hydrogen (secondary N) is 1. The number of aromatic nitrogens is 2.